The van der Waals surface area contributed by atoms with Crippen molar-refractivity contribution in [3.05, 3.63) is 35.4 Å². The molecular formula is C12H17F2NS. The Morgan fingerprint density at radius 1 is 1.38 bits per heavy atom. The van der Waals surface area contributed by atoms with Crippen LogP contribution in [0, 0.1) is 11.6 Å². The molecule has 0 fully saturated rings. The highest BCUT2D eigenvalue weighted by atomic mass is 32.2. The quantitative estimate of drug-likeness (QED) is 0.827. The second kappa shape index (κ2) is 6.86. The minimum absolute atomic E-state index is 0.198. The van der Waals surface area contributed by atoms with E-state index in [2.05, 4.69) is 5.32 Å². The summed E-state index contributed by atoms with van der Waals surface area (Å²) in [6.45, 7) is 0. The van der Waals surface area contributed by atoms with Gasteiger partial charge < -0.3 is 5.32 Å². The highest BCUT2D eigenvalue weighted by molar-refractivity contribution is 7.98. The van der Waals surface area contributed by atoms with Crippen LogP contribution in [0.4, 0.5) is 8.78 Å². The van der Waals surface area contributed by atoms with Crippen molar-refractivity contribution in [1.29, 1.82) is 0 Å². The second-order valence-corrected chi connectivity index (χ2v) is 4.67. The Balaban J connectivity index is 2.66. The summed E-state index contributed by atoms with van der Waals surface area (Å²) in [6, 6.07) is 4.54. The fraction of sp³-hybridized carbons (Fsp3) is 0.500. The number of thioether (sulfide) groups is 1. The highest BCUT2D eigenvalue weighted by Gasteiger charge is 2.12. The molecule has 0 radical (unpaired) electrons. The van der Waals surface area contributed by atoms with Crippen LogP contribution in [0.2, 0.25) is 0 Å². The van der Waals surface area contributed by atoms with Crippen molar-refractivity contribution in [2.24, 2.45) is 0 Å². The van der Waals surface area contributed by atoms with Gasteiger partial charge in [-0.25, -0.2) is 8.78 Å². The third kappa shape index (κ3) is 3.76. The van der Waals surface area contributed by atoms with Crippen LogP contribution < -0.4 is 5.32 Å². The average Bonchev–Trinajstić information content (AvgIpc) is 2.30. The number of hydrogen-bond acceptors (Lipinski definition) is 2. The van der Waals surface area contributed by atoms with Gasteiger partial charge in [-0.1, -0.05) is 12.1 Å². The van der Waals surface area contributed by atoms with E-state index in [9.17, 15) is 8.78 Å². The van der Waals surface area contributed by atoms with Gasteiger partial charge in [0.25, 0.3) is 0 Å². The van der Waals surface area contributed by atoms with Crippen molar-refractivity contribution in [2.45, 2.75) is 18.9 Å². The van der Waals surface area contributed by atoms with E-state index in [0.29, 0.717) is 12.0 Å². The Kier molecular flexibility index (Phi) is 5.77. The lowest BCUT2D eigenvalue weighted by Gasteiger charge is -2.16. The van der Waals surface area contributed by atoms with Gasteiger partial charge in [0, 0.05) is 6.04 Å². The molecule has 1 unspecified atom stereocenters. The number of hydrogen-bond donors (Lipinski definition) is 1. The van der Waals surface area contributed by atoms with Crippen molar-refractivity contribution in [1.82, 2.24) is 5.32 Å². The lowest BCUT2D eigenvalue weighted by molar-refractivity contribution is 0.480. The van der Waals surface area contributed by atoms with E-state index in [4.69, 9.17) is 0 Å². The minimum Gasteiger partial charge on any atom is -0.317 e. The largest absolute Gasteiger partial charge is 0.317 e. The fourth-order valence-electron chi connectivity index (χ4n) is 1.58. The summed E-state index contributed by atoms with van der Waals surface area (Å²) in [5, 5.41) is 3.13. The summed E-state index contributed by atoms with van der Waals surface area (Å²) in [5.74, 6) is -0.466. The number of halogens is 2. The maximum absolute atomic E-state index is 13.4. The Bertz CT molecular complexity index is 331. The van der Waals surface area contributed by atoms with E-state index in [1.807, 2.05) is 13.3 Å². The Morgan fingerprint density at radius 2 is 2.12 bits per heavy atom. The van der Waals surface area contributed by atoms with E-state index >= 15 is 0 Å². The lowest BCUT2D eigenvalue weighted by atomic mass is 10.0. The molecule has 0 aliphatic carbocycles. The van der Waals surface area contributed by atoms with Crippen molar-refractivity contribution in [3.8, 4) is 0 Å². The predicted molar refractivity (Wildman–Crippen MR) is 65.9 cm³/mol. The van der Waals surface area contributed by atoms with E-state index in [0.717, 1.165) is 18.2 Å². The van der Waals surface area contributed by atoms with Crippen LogP contribution in [0.15, 0.2) is 18.2 Å². The van der Waals surface area contributed by atoms with Crippen molar-refractivity contribution < 1.29 is 8.78 Å². The van der Waals surface area contributed by atoms with Crippen LogP contribution in [0.25, 0.3) is 0 Å². The molecule has 0 heterocycles. The van der Waals surface area contributed by atoms with Crippen molar-refractivity contribution in [2.75, 3.05) is 19.1 Å². The molecule has 1 nitrogen and oxygen atoms in total. The van der Waals surface area contributed by atoms with Gasteiger partial charge in [-0.2, -0.15) is 11.8 Å². The highest BCUT2D eigenvalue weighted by Crippen LogP contribution is 2.15. The first kappa shape index (κ1) is 13.5. The normalized spacial score (nSPS) is 12.8. The van der Waals surface area contributed by atoms with Crippen LogP contribution in [0.5, 0.6) is 0 Å². The first-order valence-electron chi connectivity index (χ1n) is 5.28. The second-order valence-electron chi connectivity index (χ2n) is 3.68. The first-order chi connectivity index (χ1) is 7.69. The zero-order valence-electron chi connectivity index (χ0n) is 9.59. The number of benzene rings is 1. The SMILES string of the molecule is CNC(CCSC)Cc1cccc(F)c1F. The molecule has 1 rings (SSSR count). The molecule has 90 valence electrons. The van der Waals surface area contributed by atoms with Crippen LogP contribution >= 0.6 is 11.8 Å². The Morgan fingerprint density at radius 3 is 2.75 bits per heavy atom. The molecule has 16 heavy (non-hydrogen) atoms. The number of nitrogens with one attached hydrogen (secondary N) is 1. The number of likely N-dealkylation sites (N-methyl/N-ethyl adjacent to an activating group) is 1. The Labute approximate surface area is 99.6 Å². The maximum Gasteiger partial charge on any atom is 0.162 e. The van der Waals surface area contributed by atoms with E-state index < -0.39 is 11.6 Å². The topological polar surface area (TPSA) is 12.0 Å². The first-order valence-corrected chi connectivity index (χ1v) is 6.67. The predicted octanol–water partition coefficient (Wildman–Crippen LogP) is 2.85. The fourth-order valence-corrected chi connectivity index (χ4v) is 2.10. The summed E-state index contributed by atoms with van der Waals surface area (Å²) in [7, 11) is 1.85. The standard InChI is InChI=1S/C12H17F2NS/c1-15-10(6-7-16-2)8-9-4-3-5-11(13)12(9)14/h3-5,10,15H,6-8H2,1-2H3. The van der Waals surface area contributed by atoms with Crippen LogP contribution in [0.1, 0.15) is 12.0 Å². The summed E-state index contributed by atoms with van der Waals surface area (Å²) >= 11 is 1.76. The lowest BCUT2D eigenvalue weighted by Crippen LogP contribution is -2.28. The molecular weight excluding hydrogens is 228 g/mol. The maximum atomic E-state index is 13.4. The summed E-state index contributed by atoms with van der Waals surface area (Å²) < 4.78 is 26.4. The molecule has 1 aromatic carbocycles. The van der Waals surface area contributed by atoms with Gasteiger partial charge in [0.2, 0.25) is 0 Å². The zero-order chi connectivity index (χ0) is 12.0. The molecule has 1 atom stereocenters. The monoisotopic (exact) mass is 245 g/mol. The van der Waals surface area contributed by atoms with E-state index in [1.165, 1.54) is 0 Å². The van der Waals surface area contributed by atoms with E-state index in [-0.39, 0.29) is 6.04 Å². The third-order valence-electron chi connectivity index (χ3n) is 2.58. The zero-order valence-corrected chi connectivity index (χ0v) is 10.4. The molecule has 0 aliphatic rings. The van der Waals surface area contributed by atoms with Gasteiger partial charge in [-0.15, -0.1) is 0 Å². The molecule has 1 N–H and O–H groups in total. The van der Waals surface area contributed by atoms with Crippen molar-refractivity contribution in [3.63, 3.8) is 0 Å². The van der Waals surface area contributed by atoms with E-state index in [1.54, 1.807) is 23.9 Å². The minimum atomic E-state index is -0.766. The van der Waals surface area contributed by atoms with Gasteiger partial charge in [-0.3, -0.25) is 0 Å². The molecule has 1 aromatic rings. The summed E-state index contributed by atoms with van der Waals surface area (Å²) in [4.78, 5) is 0. The van der Waals surface area contributed by atoms with Crippen LogP contribution in [-0.4, -0.2) is 25.1 Å². The molecule has 0 amide bonds. The molecule has 4 heteroatoms. The third-order valence-corrected chi connectivity index (χ3v) is 3.22. The average molecular weight is 245 g/mol. The van der Waals surface area contributed by atoms with Crippen LogP contribution in [0.3, 0.4) is 0 Å². The molecule has 0 saturated carbocycles. The summed E-state index contributed by atoms with van der Waals surface area (Å²) in [5.41, 5.74) is 0.445. The van der Waals surface area contributed by atoms with Gasteiger partial charge in [0.1, 0.15) is 0 Å². The molecule has 0 bridgehead atoms. The van der Waals surface area contributed by atoms with Gasteiger partial charge >= 0.3 is 0 Å². The smallest absolute Gasteiger partial charge is 0.162 e. The van der Waals surface area contributed by atoms with Gasteiger partial charge in [-0.05, 0) is 43.5 Å². The Hall–Kier alpha value is -0.610. The van der Waals surface area contributed by atoms with Gasteiger partial charge in [0.05, 0.1) is 0 Å². The molecule has 0 spiro atoms. The summed E-state index contributed by atoms with van der Waals surface area (Å²) in [6.07, 6.45) is 3.52. The molecule has 0 saturated heterocycles. The van der Waals surface area contributed by atoms with Crippen molar-refractivity contribution >= 4 is 11.8 Å². The molecule has 0 aliphatic heterocycles. The molecule has 0 aromatic heterocycles. The van der Waals surface area contributed by atoms with Crippen LogP contribution in [-0.2, 0) is 6.42 Å². The van der Waals surface area contributed by atoms with Gasteiger partial charge in [0.15, 0.2) is 11.6 Å². The number of rotatable bonds is 6.